The molecule has 7 heteroatoms. The lowest BCUT2D eigenvalue weighted by molar-refractivity contribution is 0.0905. The predicted octanol–water partition coefficient (Wildman–Crippen LogP) is 4.65. The number of carbonyl (C=O) groups is 1. The molecule has 0 aliphatic carbocycles. The number of piperidine rings is 1. The van der Waals surface area contributed by atoms with Crippen molar-refractivity contribution in [2.24, 2.45) is 0 Å². The van der Waals surface area contributed by atoms with Crippen LogP contribution < -0.4 is 5.32 Å². The number of fused-ring (bicyclic) bond motifs is 1. The molecule has 0 bridgehead atoms. The van der Waals surface area contributed by atoms with Gasteiger partial charge in [0.05, 0.1) is 21.3 Å². The van der Waals surface area contributed by atoms with Gasteiger partial charge in [-0.25, -0.2) is 4.68 Å². The summed E-state index contributed by atoms with van der Waals surface area (Å²) < 4.78 is 1.84. The minimum absolute atomic E-state index is 0.00862. The molecule has 0 saturated carbocycles. The molecule has 1 amide bonds. The molecule has 0 unspecified atom stereocenters. The first-order valence-electron chi connectivity index (χ1n) is 9.73. The Hall–Kier alpha value is -1.89. The van der Waals surface area contributed by atoms with Crippen molar-refractivity contribution in [2.75, 3.05) is 13.1 Å². The van der Waals surface area contributed by atoms with E-state index >= 15 is 0 Å². The van der Waals surface area contributed by atoms with Crippen LogP contribution in [0, 0.1) is 6.92 Å². The fourth-order valence-electron chi connectivity index (χ4n) is 3.76. The molecule has 5 nitrogen and oxygen atoms in total. The minimum Gasteiger partial charge on any atom is -0.349 e. The average Bonchev–Trinajstić information content (AvgIpc) is 3.24. The molecule has 0 spiro atoms. The Morgan fingerprint density at radius 1 is 1.29 bits per heavy atom. The van der Waals surface area contributed by atoms with Crippen molar-refractivity contribution in [2.45, 2.75) is 45.7 Å². The van der Waals surface area contributed by atoms with Crippen molar-refractivity contribution in [3.8, 4) is 5.69 Å². The number of carbonyl (C=O) groups excluding carboxylic acids is 1. The number of likely N-dealkylation sites (tertiary alicyclic amines) is 1. The van der Waals surface area contributed by atoms with Crippen molar-refractivity contribution < 1.29 is 4.79 Å². The molecule has 3 aromatic rings. The van der Waals surface area contributed by atoms with E-state index in [0.29, 0.717) is 11.1 Å². The van der Waals surface area contributed by atoms with E-state index < -0.39 is 0 Å². The lowest BCUT2D eigenvalue weighted by Crippen LogP contribution is -2.46. The highest BCUT2D eigenvalue weighted by molar-refractivity contribution is 7.20. The lowest BCUT2D eigenvalue weighted by Gasteiger charge is -2.34. The molecule has 3 heterocycles. The molecule has 0 radical (unpaired) electrons. The number of halogens is 1. The zero-order chi connectivity index (χ0) is 19.8. The highest BCUT2D eigenvalue weighted by Crippen LogP contribution is 2.32. The van der Waals surface area contributed by atoms with Gasteiger partial charge in [-0.3, -0.25) is 4.79 Å². The molecule has 1 aliphatic heterocycles. The van der Waals surface area contributed by atoms with Crippen LogP contribution in [0.3, 0.4) is 0 Å². The normalized spacial score (nSPS) is 16.2. The second-order valence-electron chi connectivity index (χ2n) is 7.66. The van der Waals surface area contributed by atoms with Crippen LogP contribution in [0.5, 0.6) is 0 Å². The molecule has 1 N–H and O–H groups in total. The van der Waals surface area contributed by atoms with E-state index in [1.807, 2.05) is 41.9 Å². The molecule has 1 aromatic carbocycles. The first kappa shape index (κ1) is 19.4. The van der Waals surface area contributed by atoms with Crippen molar-refractivity contribution in [3.05, 3.63) is 45.9 Å². The van der Waals surface area contributed by atoms with Crippen LogP contribution in [0.1, 0.15) is 42.1 Å². The number of nitrogens with one attached hydrogen (secondary N) is 1. The monoisotopic (exact) mass is 416 g/mol. The van der Waals surface area contributed by atoms with Gasteiger partial charge >= 0.3 is 0 Å². The van der Waals surface area contributed by atoms with Crippen molar-refractivity contribution in [1.82, 2.24) is 20.0 Å². The number of amides is 1. The fourth-order valence-corrected chi connectivity index (χ4v) is 5.06. The molecule has 1 fully saturated rings. The summed E-state index contributed by atoms with van der Waals surface area (Å²) in [6, 6.07) is 10.4. The minimum atomic E-state index is 0.00862. The van der Waals surface area contributed by atoms with E-state index in [1.165, 1.54) is 11.3 Å². The van der Waals surface area contributed by atoms with Crippen LogP contribution in [-0.4, -0.2) is 45.8 Å². The molecule has 148 valence electrons. The lowest BCUT2D eigenvalue weighted by atomic mass is 10.0. The number of nitrogens with zero attached hydrogens (tertiary/aromatic N) is 3. The van der Waals surface area contributed by atoms with Crippen LogP contribution in [0.25, 0.3) is 15.9 Å². The molecule has 1 saturated heterocycles. The maximum atomic E-state index is 12.9. The standard InChI is InChI=1S/C21H25ClN4OS/c1-13(2)25-10-8-15(9-11-25)23-20(27)19-12-16-14(3)24-26(21(16)28-19)18-7-5-4-6-17(18)22/h4-7,12-13,15H,8-11H2,1-3H3,(H,23,27). The summed E-state index contributed by atoms with van der Waals surface area (Å²) in [5, 5.41) is 9.50. The number of para-hydroxylation sites is 1. The van der Waals surface area contributed by atoms with Crippen LogP contribution >= 0.6 is 22.9 Å². The van der Waals surface area contributed by atoms with Gasteiger partial charge in [0.25, 0.3) is 5.91 Å². The Morgan fingerprint density at radius 3 is 2.68 bits per heavy atom. The van der Waals surface area contributed by atoms with E-state index in [2.05, 4.69) is 29.2 Å². The number of benzene rings is 1. The van der Waals surface area contributed by atoms with Crippen molar-refractivity contribution >= 4 is 39.1 Å². The summed E-state index contributed by atoms with van der Waals surface area (Å²) in [6.07, 6.45) is 2.00. The number of thiophene rings is 1. The van der Waals surface area contributed by atoms with Crippen LogP contribution in [0.15, 0.2) is 30.3 Å². The Kier molecular flexibility index (Phi) is 5.45. The zero-order valence-corrected chi connectivity index (χ0v) is 18.0. The number of aromatic nitrogens is 2. The van der Waals surface area contributed by atoms with Gasteiger partial charge in [0, 0.05) is 30.6 Å². The third-order valence-corrected chi connectivity index (χ3v) is 6.87. The van der Waals surface area contributed by atoms with Gasteiger partial charge in [0.1, 0.15) is 4.83 Å². The van der Waals surface area contributed by atoms with Crippen molar-refractivity contribution in [3.63, 3.8) is 0 Å². The third-order valence-electron chi connectivity index (χ3n) is 5.44. The Balaban J connectivity index is 1.55. The van der Waals surface area contributed by atoms with E-state index in [9.17, 15) is 4.79 Å². The Bertz CT molecular complexity index is 1000. The number of hydrogen-bond donors (Lipinski definition) is 1. The summed E-state index contributed by atoms with van der Waals surface area (Å²) in [4.78, 5) is 17.0. The summed E-state index contributed by atoms with van der Waals surface area (Å²) in [5.74, 6) is 0.00862. The highest BCUT2D eigenvalue weighted by Gasteiger charge is 2.24. The third kappa shape index (κ3) is 3.69. The van der Waals surface area contributed by atoms with Gasteiger partial charge in [-0.1, -0.05) is 23.7 Å². The number of hydrogen-bond acceptors (Lipinski definition) is 4. The van der Waals surface area contributed by atoms with Crippen molar-refractivity contribution in [1.29, 1.82) is 0 Å². The quantitative estimate of drug-likeness (QED) is 0.673. The summed E-state index contributed by atoms with van der Waals surface area (Å²) >= 11 is 7.83. The first-order valence-corrected chi connectivity index (χ1v) is 10.9. The van der Waals surface area contributed by atoms with Gasteiger partial charge in [-0.2, -0.15) is 5.10 Å². The smallest absolute Gasteiger partial charge is 0.261 e. The molecule has 4 rings (SSSR count). The summed E-state index contributed by atoms with van der Waals surface area (Å²) in [5.41, 5.74) is 1.73. The zero-order valence-electron chi connectivity index (χ0n) is 16.4. The molecule has 28 heavy (non-hydrogen) atoms. The van der Waals surface area contributed by atoms with E-state index in [1.54, 1.807) is 0 Å². The summed E-state index contributed by atoms with van der Waals surface area (Å²) in [6.45, 7) is 8.48. The molecule has 1 aliphatic rings. The first-order chi connectivity index (χ1) is 13.4. The predicted molar refractivity (Wildman–Crippen MR) is 116 cm³/mol. The second kappa shape index (κ2) is 7.85. The van der Waals surface area contributed by atoms with Gasteiger partial charge in [0.15, 0.2) is 0 Å². The topological polar surface area (TPSA) is 50.2 Å². The number of rotatable bonds is 4. The van der Waals surface area contributed by atoms with Gasteiger partial charge < -0.3 is 10.2 Å². The maximum absolute atomic E-state index is 12.9. The fraction of sp³-hybridized carbons (Fsp3) is 0.429. The molecular weight excluding hydrogens is 392 g/mol. The van der Waals surface area contributed by atoms with E-state index in [4.69, 9.17) is 11.6 Å². The van der Waals surface area contributed by atoms with Gasteiger partial charge in [-0.15, -0.1) is 11.3 Å². The highest BCUT2D eigenvalue weighted by atomic mass is 35.5. The Labute approximate surface area is 174 Å². The SMILES string of the molecule is Cc1nn(-c2ccccc2Cl)c2sc(C(=O)NC3CCN(C(C)C)CC3)cc12. The van der Waals surface area contributed by atoms with E-state index in [0.717, 1.165) is 52.4 Å². The molecule has 2 aromatic heterocycles. The van der Waals surface area contributed by atoms with Crippen LogP contribution in [-0.2, 0) is 0 Å². The van der Waals surface area contributed by atoms with Gasteiger partial charge in [0.2, 0.25) is 0 Å². The molecular formula is C21H25ClN4OS. The Morgan fingerprint density at radius 2 is 2.00 bits per heavy atom. The molecule has 0 atom stereocenters. The van der Waals surface area contributed by atoms with E-state index in [-0.39, 0.29) is 11.9 Å². The number of aryl methyl sites for hydroxylation is 1. The summed E-state index contributed by atoms with van der Waals surface area (Å²) in [7, 11) is 0. The van der Waals surface area contributed by atoms with Gasteiger partial charge in [-0.05, 0) is 51.8 Å². The maximum Gasteiger partial charge on any atom is 0.261 e. The largest absolute Gasteiger partial charge is 0.349 e. The second-order valence-corrected chi connectivity index (χ2v) is 9.09. The van der Waals surface area contributed by atoms with Crippen LogP contribution in [0.2, 0.25) is 5.02 Å². The van der Waals surface area contributed by atoms with Crippen LogP contribution in [0.4, 0.5) is 0 Å². The average molecular weight is 417 g/mol.